The number of carboxylic acid groups (broad SMARTS) is 1. The van der Waals surface area contributed by atoms with Crippen molar-refractivity contribution >= 4 is 5.97 Å². The zero-order valence-corrected chi connectivity index (χ0v) is 10.9. The van der Waals surface area contributed by atoms with Gasteiger partial charge in [0.05, 0.1) is 5.56 Å². The minimum Gasteiger partial charge on any atom is -0.489 e. The molecule has 0 fully saturated rings. The number of benzene rings is 1. The summed E-state index contributed by atoms with van der Waals surface area (Å²) in [5.74, 6) is -0.268. The van der Waals surface area contributed by atoms with Gasteiger partial charge in [0.2, 0.25) is 0 Å². The van der Waals surface area contributed by atoms with Crippen molar-refractivity contribution in [1.29, 1.82) is 0 Å². The van der Waals surface area contributed by atoms with Crippen molar-refractivity contribution < 1.29 is 14.6 Å². The van der Waals surface area contributed by atoms with Crippen LogP contribution >= 0.6 is 0 Å². The predicted octanol–water partition coefficient (Wildman–Crippen LogP) is 2.98. The van der Waals surface area contributed by atoms with Crippen molar-refractivity contribution in [3.63, 3.8) is 0 Å². The molecule has 0 atom stereocenters. The molecule has 0 saturated heterocycles. The molecule has 1 N–H and O–H groups in total. The summed E-state index contributed by atoms with van der Waals surface area (Å²) < 4.78 is 5.63. The van der Waals surface area contributed by atoms with E-state index in [0.717, 1.165) is 11.1 Å². The van der Waals surface area contributed by atoms with Gasteiger partial charge in [-0.25, -0.2) is 4.79 Å². The number of ether oxygens (including phenoxy) is 1. The fourth-order valence-electron chi connectivity index (χ4n) is 1.83. The second kappa shape index (κ2) is 5.52. The molecule has 0 spiro atoms. The molecule has 1 heterocycles. The van der Waals surface area contributed by atoms with Crippen LogP contribution in [-0.4, -0.2) is 16.1 Å². The van der Waals surface area contributed by atoms with Gasteiger partial charge in [0.25, 0.3) is 0 Å². The molecule has 2 rings (SSSR count). The van der Waals surface area contributed by atoms with Crippen LogP contribution in [0.2, 0.25) is 0 Å². The van der Waals surface area contributed by atoms with E-state index in [1.54, 1.807) is 37.5 Å². The third kappa shape index (κ3) is 3.31. The van der Waals surface area contributed by atoms with Gasteiger partial charge in [0.1, 0.15) is 12.4 Å². The summed E-state index contributed by atoms with van der Waals surface area (Å²) in [6, 6.07) is 6.96. The molecule has 0 aliphatic heterocycles. The Labute approximate surface area is 111 Å². The van der Waals surface area contributed by atoms with E-state index in [4.69, 9.17) is 9.84 Å². The summed E-state index contributed by atoms with van der Waals surface area (Å²) in [4.78, 5) is 15.0. The first-order valence-corrected chi connectivity index (χ1v) is 5.93. The Kier molecular flexibility index (Phi) is 3.80. The van der Waals surface area contributed by atoms with Crippen LogP contribution in [0.1, 0.15) is 27.0 Å². The number of nitrogens with zero attached hydrogens (tertiary/aromatic N) is 1. The molecule has 4 nitrogen and oxygen atoms in total. The summed E-state index contributed by atoms with van der Waals surface area (Å²) in [5, 5.41) is 8.95. The topological polar surface area (TPSA) is 59.4 Å². The highest BCUT2D eigenvalue weighted by Gasteiger charge is 2.07. The smallest absolute Gasteiger partial charge is 0.335 e. The second-order valence-corrected chi connectivity index (χ2v) is 4.44. The van der Waals surface area contributed by atoms with Gasteiger partial charge in [-0.05, 0) is 49.2 Å². The number of aromatic nitrogens is 1. The average molecular weight is 257 g/mol. The minimum atomic E-state index is -0.924. The van der Waals surface area contributed by atoms with Crippen LogP contribution in [0.4, 0.5) is 0 Å². The molecule has 0 aliphatic carbocycles. The van der Waals surface area contributed by atoms with Crippen molar-refractivity contribution in [3.05, 3.63) is 58.9 Å². The molecule has 1 aromatic heterocycles. The summed E-state index contributed by atoms with van der Waals surface area (Å²) in [7, 11) is 0. The highest BCUT2D eigenvalue weighted by molar-refractivity contribution is 5.89. The third-order valence-electron chi connectivity index (χ3n) is 2.77. The molecular weight excluding hydrogens is 242 g/mol. The average Bonchev–Trinajstić information content (AvgIpc) is 2.36. The van der Waals surface area contributed by atoms with Crippen molar-refractivity contribution in [2.24, 2.45) is 0 Å². The number of aryl methyl sites for hydroxylation is 2. The maximum atomic E-state index is 10.9. The summed E-state index contributed by atoms with van der Waals surface area (Å²) in [6.07, 6.45) is 3.54. The molecule has 19 heavy (non-hydrogen) atoms. The highest BCUT2D eigenvalue weighted by atomic mass is 16.5. The van der Waals surface area contributed by atoms with Crippen LogP contribution in [0, 0.1) is 13.8 Å². The van der Waals surface area contributed by atoms with Gasteiger partial charge in [-0.15, -0.1) is 0 Å². The number of aromatic carboxylic acids is 1. The maximum Gasteiger partial charge on any atom is 0.335 e. The fourth-order valence-corrected chi connectivity index (χ4v) is 1.83. The van der Waals surface area contributed by atoms with E-state index in [9.17, 15) is 4.79 Å². The lowest BCUT2D eigenvalue weighted by molar-refractivity contribution is 0.0696. The number of rotatable bonds is 4. The first-order chi connectivity index (χ1) is 9.06. The molecule has 0 aliphatic rings. The van der Waals surface area contributed by atoms with E-state index in [1.165, 1.54) is 0 Å². The monoisotopic (exact) mass is 257 g/mol. The normalized spacial score (nSPS) is 10.2. The second-order valence-electron chi connectivity index (χ2n) is 4.44. The standard InChI is InChI=1S/C15H15NO3/c1-10-5-12(8-16-7-10)9-19-13-3-4-14(15(17)18)11(2)6-13/h3-8H,9H2,1-2H3,(H,17,18). The Balaban J connectivity index is 2.08. The van der Waals surface area contributed by atoms with E-state index in [0.29, 0.717) is 23.5 Å². The van der Waals surface area contributed by atoms with Gasteiger partial charge >= 0.3 is 5.97 Å². The van der Waals surface area contributed by atoms with Crippen molar-refractivity contribution in [3.8, 4) is 5.75 Å². The van der Waals surface area contributed by atoms with Crippen LogP contribution in [0.5, 0.6) is 5.75 Å². The number of carboxylic acids is 1. The number of hydrogen-bond donors (Lipinski definition) is 1. The molecule has 0 amide bonds. The predicted molar refractivity (Wildman–Crippen MR) is 71.4 cm³/mol. The largest absolute Gasteiger partial charge is 0.489 e. The molecule has 4 heteroatoms. The minimum absolute atomic E-state index is 0.296. The lowest BCUT2D eigenvalue weighted by atomic mass is 10.1. The van der Waals surface area contributed by atoms with Gasteiger partial charge in [-0.2, -0.15) is 0 Å². The number of carbonyl (C=O) groups is 1. The van der Waals surface area contributed by atoms with Crippen LogP contribution in [0.3, 0.4) is 0 Å². The Morgan fingerprint density at radius 2 is 2.05 bits per heavy atom. The van der Waals surface area contributed by atoms with E-state index in [1.807, 2.05) is 13.0 Å². The molecule has 0 radical (unpaired) electrons. The van der Waals surface area contributed by atoms with Crippen molar-refractivity contribution in [1.82, 2.24) is 4.98 Å². The molecule has 98 valence electrons. The van der Waals surface area contributed by atoms with Crippen molar-refractivity contribution in [2.75, 3.05) is 0 Å². The molecule has 2 aromatic rings. The Hall–Kier alpha value is -2.36. The fraction of sp³-hybridized carbons (Fsp3) is 0.200. The van der Waals surface area contributed by atoms with E-state index in [-0.39, 0.29) is 0 Å². The van der Waals surface area contributed by atoms with Gasteiger partial charge in [-0.3, -0.25) is 4.98 Å². The highest BCUT2D eigenvalue weighted by Crippen LogP contribution is 2.18. The van der Waals surface area contributed by atoms with E-state index >= 15 is 0 Å². The van der Waals surface area contributed by atoms with Crippen LogP contribution in [0.25, 0.3) is 0 Å². The lowest BCUT2D eigenvalue weighted by Crippen LogP contribution is -2.01. The third-order valence-corrected chi connectivity index (χ3v) is 2.77. The van der Waals surface area contributed by atoms with E-state index in [2.05, 4.69) is 4.98 Å². The summed E-state index contributed by atoms with van der Waals surface area (Å²) in [5.41, 5.74) is 3.05. The maximum absolute atomic E-state index is 10.9. The molecule has 1 aromatic carbocycles. The molecular formula is C15H15NO3. The molecule has 0 bridgehead atoms. The number of hydrogen-bond acceptors (Lipinski definition) is 3. The first-order valence-electron chi connectivity index (χ1n) is 5.93. The van der Waals surface area contributed by atoms with Gasteiger partial charge < -0.3 is 9.84 Å². The zero-order valence-electron chi connectivity index (χ0n) is 10.9. The van der Waals surface area contributed by atoms with Gasteiger partial charge in [0, 0.05) is 18.0 Å². The van der Waals surface area contributed by atoms with Crippen LogP contribution < -0.4 is 4.74 Å². The van der Waals surface area contributed by atoms with Gasteiger partial charge in [-0.1, -0.05) is 0 Å². The molecule has 0 unspecified atom stereocenters. The lowest BCUT2D eigenvalue weighted by Gasteiger charge is -2.08. The summed E-state index contributed by atoms with van der Waals surface area (Å²) in [6.45, 7) is 4.15. The van der Waals surface area contributed by atoms with Crippen LogP contribution in [-0.2, 0) is 6.61 Å². The quantitative estimate of drug-likeness (QED) is 0.914. The Morgan fingerprint density at radius 1 is 1.26 bits per heavy atom. The van der Waals surface area contributed by atoms with E-state index < -0.39 is 5.97 Å². The zero-order chi connectivity index (χ0) is 13.8. The Morgan fingerprint density at radius 3 is 2.68 bits per heavy atom. The first kappa shape index (κ1) is 13.1. The van der Waals surface area contributed by atoms with Gasteiger partial charge in [0.15, 0.2) is 0 Å². The SMILES string of the molecule is Cc1cncc(COc2ccc(C(=O)O)c(C)c2)c1. The van der Waals surface area contributed by atoms with Crippen LogP contribution in [0.15, 0.2) is 36.7 Å². The number of pyridine rings is 1. The Bertz CT molecular complexity index is 608. The summed E-state index contributed by atoms with van der Waals surface area (Å²) >= 11 is 0. The molecule has 0 saturated carbocycles. The van der Waals surface area contributed by atoms with Crippen molar-refractivity contribution in [2.45, 2.75) is 20.5 Å².